The summed E-state index contributed by atoms with van der Waals surface area (Å²) >= 11 is 0. The Hall–Kier alpha value is -2.08. The number of carbonyl (C=O) groups excluding carboxylic acids is 1. The Morgan fingerprint density at radius 2 is 2.17 bits per heavy atom. The summed E-state index contributed by atoms with van der Waals surface area (Å²) in [7, 11) is 0. The molecule has 0 saturated heterocycles. The molecule has 0 spiro atoms. The van der Waals surface area contributed by atoms with E-state index in [1.807, 2.05) is 13.0 Å². The molecule has 0 radical (unpaired) electrons. The van der Waals surface area contributed by atoms with E-state index in [1.54, 1.807) is 6.20 Å². The highest BCUT2D eigenvalue weighted by molar-refractivity contribution is 6.04. The van der Waals surface area contributed by atoms with E-state index in [0.29, 0.717) is 11.3 Å². The van der Waals surface area contributed by atoms with Crippen molar-refractivity contribution < 1.29 is 9.21 Å². The standard InChI is InChI=1S/C18H26N4O2/c1-4-21(5-2)12-14-10-15(13(3)24-14)18(23)20-17-11-19-16-8-6-7-9-22(16)17/h10-11H,4-9,12H2,1-3H3,(H,20,23). The maximum Gasteiger partial charge on any atom is 0.260 e. The zero-order valence-electron chi connectivity index (χ0n) is 14.8. The number of nitrogens with zero attached hydrogens (tertiary/aromatic N) is 3. The fraction of sp³-hybridized carbons (Fsp3) is 0.556. The van der Waals surface area contributed by atoms with E-state index >= 15 is 0 Å². The van der Waals surface area contributed by atoms with Crippen molar-refractivity contribution >= 4 is 11.7 Å². The van der Waals surface area contributed by atoms with Crippen molar-refractivity contribution in [3.8, 4) is 0 Å². The molecule has 1 aliphatic heterocycles. The molecule has 0 unspecified atom stereocenters. The van der Waals surface area contributed by atoms with E-state index in [-0.39, 0.29) is 5.91 Å². The Morgan fingerprint density at radius 3 is 2.92 bits per heavy atom. The van der Waals surface area contributed by atoms with Crippen LogP contribution in [0.5, 0.6) is 0 Å². The van der Waals surface area contributed by atoms with Crippen LogP contribution in [0.2, 0.25) is 0 Å². The summed E-state index contributed by atoms with van der Waals surface area (Å²) in [4.78, 5) is 19.3. The molecule has 1 amide bonds. The van der Waals surface area contributed by atoms with E-state index in [4.69, 9.17) is 4.42 Å². The summed E-state index contributed by atoms with van der Waals surface area (Å²) in [6.45, 7) is 9.64. The predicted octanol–water partition coefficient (Wildman–Crippen LogP) is 3.21. The molecule has 3 heterocycles. The third-order valence-corrected chi connectivity index (χ3v) is 4.70. The number of anilines is 1. The summed E-state index contributed by atoms with van der Waals surface area (Å²) in [5, 5.41) is 2.99. The highest BCUT2D eigenvalue weighted by atomic mass is 16.3. The molecule has 0 bridgehead atoms. The molecule has 0 atom stereocenters. The van der Waals surface area contributed by atoms with Crippen LogP contribution in [-0.4, -0.2) is 33.4 Å². The smallest absolute Gasteiger partial charge is 0.260 e. The van der Waals surface area contributed by atoms with Gasteiger partial charge in [-0.3, -0.25) is 9.69 Å². The Labute approximate surface area is 142 Å². The summed E-state index contributed by atoms with van der Waals surface area (Å²) < 4.78 is 7.88. The topological polar surface area (TPSA) is 63.3 Å². The normalized spacial score (nSPS) is 14.0. The number of rotatable bonds is 6. The second kappa shape index (κ2) is 7.21. The molecule has 1 aliphatic rings. The van der Waals surface area contributed by atoms with Gasteiger partial charge in [0.25, 0.3) is 5.91 Å². The van der Waals surface area contributed by atoms with Gasteiger partial charge < -0.3 is 14.3 Å². The predicted molar refractivity (Wildman–Crippen MR) is 93.2 cm³/mol. The highest BCUT2D eigenvalue weighted by Gasteiger charge is 2.20. The van der Waals surface area contributed by atoms with Crippen molar-refractivity contribution in [3.05, 3.63) is 35.2 Å². The van der Waals surface area contributed by atoms with Crippen LogP contribution in [0.1, 0.15) is 54.4 Å². The molecular weight excluding hydrogens is 304 g/mol. The number of furan rings is 1. The van der Waals surface area contributed by atoms with Crippen LogP contribution in [0.15, 0.2) is 16.7 Å². The number of aromatic nitrogens is 2. The quantitative estimate of drug-likeness (QED) is 0.883. The van der Waals surface area contributed by atoms with Gasteiger partial charge >= 0.3 is 0 Å². The Kier molecular flexibility index (Phi) is 5.04. The second-order valence-corrected chi connectivity index (χ2v) is 6.27. The van der Waals surface area contributed by atoms with Gasteiger partial charge in [0.15, 0.2) is 0 Å². The molecule has 0 fully saturated rings. The molecule has 3 rings (SSSR count). The number of nitrogens with one attached hydrogen (secondary N) is 1. The average molecular weight is 330 g/mol. The Balaban J connectivity index is 1.73. The van der Waals surface area contributed by atoms with E-state index in [2.05, 4.69) is 33.6 Å². The van der Waals surface area contributed by atoms with E-state index in [0.717, 1.165) is 56.4 Å². The Bertz CT molecular complexity index is 713. The number of imidazole rings is 1. The number of hydrogen-bond donors (Lipinski definition) is 1. The number of carbonyl (C=O) groups is 1. The summed E-state index contributed by atoms with van der Waals surface area (Å²) in [6.07, 6.45) is 5.03. The van der Waals surface area contributed by atoms with E-state index < -0.39 is 0 Å². The number of aryl methyl sites for hydroxylation is 2. The molecule has 0 aliphatic carbocycles. The molecule has 24 heavy (non-hydrogen) atoms. The van der Waals surface area contributed by atoms with Gasteiger partial charge in [0.2, 0.25) is 0 Å². The maximum absolute atomic E-state index is 12.6. The van der Waals surface area contributed by atoms with Crippen LogP contribution in [0, 0.1) is 6.92 Å². The minimum Gasteiger partial charge on any atom is -0.464 e. The first-order chi connectivity index (χ1) is 11.6. The number of amides is 1. The molecule has 2 aromatic heterocycles. The zero-order chi connectivity index (χ0) is 17.1. The van der Waals surface area contributed by atoms with Gasteiger partial charge in [0.05, 0.1) is 18.3 Å². The summed E-state index contributed by atoms with van der Waals surface area (Å²) in [5.74, 6) is 3.20. The van der Waals surface area contributed by atoms with Crippen LogP contribution in [0.4, 0.5) is 5.82 Å². The van der Waals surface area contributed by atoms with Gasteiger partial charge in [-0.05, 0) is 38.9 Å². The minimum absolute atomic E-state index is 0.129. The lowest BCUT2D eigenvalue weighted by Crippen LogP contribution is -2.21. The molecular formula is C18H26N4O2. The molecule has 2 aromatic rings. The first kappa shape index (κ1) is 16.8. The molecule has 0 aromatic carbocycles. The lowest BCUT2D eigenvalue weighted by atomic mass is 10.2. The van der Waals surface area contributed by atoms with Gasteiger partial charge in [-0.1, -0.05) is 13.8 Å². The maximum atomic E-state index is 12.6. The largest absolute Gasteiger partial charge is 0.464 e. The third-order valence-electron chi connectivity index (χ3n) is 4.70. The fourth-order valence-corrected chi connectivity index (χ4v) is 3.21. The lowest BCUT2D eigenvalue weighted by Gasteiger charge is -2.16. The minimum atomic E-state index is -0.129. The van der Waals surface area contributed by atoms with Gasteiger partial charge in [-0.25, -0.2) is 4.98 Å². The average Bonchev–Trinajstić information content (AvgIpc) is 3.16. The third kappa shape index (κ3) is 3.38. The SMILES string of the molecule is CCN(CC)Cc1cc(C(=O)Nc2cnc3n2CCCC3)c(C)o1. The molecule has 6 heteroatoms. The van der Waals surface area contributed by atoms with Crippen molar-refractivity contribution in [1.82, 2.24) is 14.5 Å². The molecule has 0 saturated carbocycles. The van der Waals surface area contributed by atoms with Crippen molar-refractivity contribution in [2.24, 2.45) is 0 Å². The summed E-state index contributed by atoms with van der Waals surface area (Å²) in [5.41, 5.74) is 0.600. The fourth-order valence-electron chi connectivity index (χ4n) is 3.21. The van der Waals surface area contributed by atoms with Gasteiger partial charge in [-0.15, -0.1) is 0 Å². The van der Waals surface area contributed by atoms with Crippen LogP contribution >= 0.6 is 0 Å². The molecule has 130 valence electrons. The first-order valence-corrected chi connectivity index (χ1v) is 8.79. The van der Waals surface area contributed by atoms with Crippen molar-refractivity contribution in [2.45, 2.75) is 53.1 Å². The van der Waals surface area contributed by atoms with E-state index in [1.165, 1.54) is 6.42 Å². The first-order valence-electron chi connectivity index (χ1n) is 8.79. The van der Waals surface area contributed by atoms with Crippen LogP contribution in [-0.2, 0) is 19.5 Å². The van der Waals surface area contributed by atoms with Gasteiger partial charge in [0.1, 0.15) is 23.2 Å². The highest BCUT2D eigenvalue weighted by Crippen LogP contribution is 2.22. The number of hydrogen-bond acceptors (Lipinski definition) is 4. The van der Waals surface area contributed by atoms with Gasteiger partial charge in [0, 0.05) is 13.0 Å². The van der Waals surface area contributed by atoms with Crippen LogP contribution in [0.25, 0.3) is 0 Å². The van der Waals surface area contributed by atoms with Crippen molar-refractivity contribution in [1.29, 1.82) is 0 Å². The summed E-state index contributed by atoms with van der Waals surface area (Å²) in [6, 6.07) is 1.86. The van der Waals surface area contributed by atoms with E-state index in [9.17, 15) is 4.79 Å². The van der Waals surface area contributed by atoms with Crippen LogP contribution < -0.4 is 5.32 Å². The number of fused-ring (bicyclic) bond motifs is 1. The zero-order valence-corrected chi connectivity index (χ0v) is 14.8. The van der Waals surface area contributed by atoms with Crippen molar-refractivity contribution in [2.75, 3.05) is 18.4 Å². The lowest BCUT2D eigenvalue weighted by molar-refractivity contribution is 0.102. The molecule has 6 nitrogen and oxygen atoms in total. The van der Waals surface area contributed by atoms with Crippen molar-refractivity contribution in [3.63, 3.8) is 0 Å². The second-order valence-electron chi connectivity index (χ2n) is 6.27. The molecule has 1 N–H and O–H groups in total. The monoisotopic (exact) mass is 330 g/mol. The van der Waals surface area contributed by atoms with Crippen LogP contribution in [0.3, 0.4) is 0 Å². The van der Waals surface area contributed by atoms with Gasteiger partial charge in [-0.2, -0.15) is 0 Å². The Morgan fingerprint density at radius 1 is 1.38 bits per heavy atom.